The lowest BCUT2D eigenvalue weighted by molar-refractivity contribution is -0.385. The first-order chi connectivity index (χ1) is 9.52. The lowest BCUT2D eigenvalue weighted by atomic mass is 9.78. The Balaban J connectivity index is 2.20. The van der Waals surface area contributed by atoms with Crippen LogP contribution >= 0.6 is 0 Å². The predicted molar refractivity (Wildman–Crippen MR) is 79.2 cm³/mol. The molecule has 1 N–H and O–H groups in total. The van der Waals surface area contributed by atoms with Crippen LogP contribution in [-0.4, -0.2) is 18.1 Å². The van der Waals surface area contributed by atoms with Crippen molar-refractivity contribution in [2.75, 3.05) is 12.4 Å². The van der Waals surface area contributed by atoms with Gasteiger partial charge in [0.05, 0.1) is 12.0 Å². The summed E-state index contributed by atoms with van der Waals surface area (Å²) in [6.07, 6.45) is 3.68. The zero-order valence-corrected chi connectivity index (χ0v) is 12.3. The first-order valence-corrected chi connectivity index (χ1v) is 7.12. The van der Waals surface area contributed by atoms with E-state index in [0.29, 0.717) is 23.6 Å². The maximum Gasteiger partial charge on any atom is 0.312 e. The molecule has 0 aromatic heterocycles. The van der Waals surface area contributed by atoms with E-state index < -0.39 is 4.92 Å². The Labute approximate surface area is 119 Å². The number of nitro benzene ring substituents is 1. The largest absolute Gasteiger partial charge is 0.490 e. The van der Waals surface area contributed by atoms with Crippen LogP contribution in [0, 0.1) is 22.0 Å². The number of ether oxygens (including phenoxy) is 1. The summed E-state index contributed by atoms with van der Waals surface area (Å²) in [6.45, 7) is 4.48. The molecule has 1 aliphatic carbocycles. The van der Waals surface area contributed by atoms with Gasteiger partial charge in [0.25, 0.3) is 0 Å². The number of nitrogens with one attached hydrogen (secondary N) is 1. The van der Waals surface area contributed by atoms with Crippen molar-refractivity contribution in [2.24, 2.45) is 11.8 Å². The Kier molecular flexibility index (Phi) is 4.47. The minimum Gasteiger partial charge on any atom is -0.490 e. The standard InChI is InChI=1S/C15H22N2O3/c1-10-5-4-6-11(2)15(10)16-12-7-8-14(20-3)13(9-12)17(18)19/h7-11,15-16H,4-6H2,1-3H3. The summed E-state index contributed by atoms with van der Waals surface area (Å²) in [5.41, 5.74) is 0.803. The molecular weight excluding hydrogens is 256 g/mol. The van der Waals surface area contributed by atoms with Crippen LogP contribution in [0.3, 0.4) is 0 Å². The average Bonchev–Trinajstić information content (AvgIpc) is 2.43. The second-order valence-corrected chi connectivity index (χ2v) is 5.70. The van der Waals surface area contributed by atoms with Gasteiger partial charge >= 0.3 is 5.69 Å². The summed E-state index contributed by atoms with van der Waals surface area (Å²) >= 11 is 0. The van der Waals surface area contributed by atoms with Crippen molar-refractivity contribution in [1.29, 1.82) is 0 Å². The Hall–Kier alpha value is -1.78. The highest BCUT2D eigenvalue weighted by molar-refractivity contribution is 5.59. The van der Waals surface area contributed by atoms with Crippen molar-refractivity contribution in [3.8, 4) is 5.75 Å². The number of hydrogen-bond donors (Lipinski definition) is 1. The van der Waals surface area contributed by atoms with E-state index in [9.17, 15) is 10.1 Å². The monoisotopic (exact) mass is 278 g/mol. The zero-order valence-electron chi connectivity index (χ0n) is 12.3. The molecular formula is C15H22N2O3. The maximum absolute atomic E-state index is 11.1. The molecule has 0 saturated heterocycles. The number of benzene rings is 1. The maximum atomic E-state index is 11.1. The van der Waals surface area contributed by atoms with E-state index in [1.165, 1.54) is 26.4 Å². The Morgan fingerprint density at radius 3 is 2.50 bits per heavy atom. The first kappa shape index (κ1) is 14.6. The van der Waals surface area contributed by atoms with Gasteiger partial charge in [0.1, 0.15) is 0 Å². The quantitative estimate of drug-likeness (QED) is 0.671. The van der Waals surface area contributed by atoms with Gasteiger partial charge in [0.15, 0.2) is 5.75 Å². The Morgan fingerprint density at radius 1 is 1.30 bits per heavy atom. The number of rotatable bonds is 4. The second kappa shape index (κ2) is 6.11. The summed E-state index contributed by atoms with van der Waals surface area (Å²) in [4.78, 5) is 10.6. The number of anilines is 1. The highest BCUT2D eigenvalue weighted by Crippen LogP contribution is 2.34. The van der Waals surface area contributed by atoms with E-state index in [-0.39, 0.29) is 5.69 Å². The minimum atomic E-state index is -0.405. The molecule has 0 spiro atoms. The number of nitro groups is 1. The van der Waals surface area contributed by atoms with Crippen molar-refractivity contribution in [1.82, 2.24) is 0 Å². The molecule has 1 saturated carbocycles. The molecule has 0 radical (unpaired) electrons. The lowest BCUT2D eigenvalue weighted by Crippen LogP contribution is -2.37. The molecule has 110 valence electrons. The van der Waals surface area contributed by atoms with Gasteiger partial charge in [-0.1, -0.05) is 20.3 Å². The third kappa shape index (κ3) is 3.03. The van der Waals surface area contributed by atoms with E-state index in [0.717, 1.165) is 5.69 Å². The molecule has 0 bridgehead atoms. The first-order valence-electron chi connectivity index (χ1n) is 7.12. The normalized spacial score (nSPS) is 26.1. The van der Waals surface area contributed by atoms with Crippen molar-refractivity contribution in [2.45, 2.75) is 39.2 Å². The minimum absolute atomic E-state index is 0.00798. The molecule has 0 heterocycles. The van der Waals surface area contributed by atoms with Crippen LogP contribution in [0.2, 0.25) is 0 Å². The van der Waals surface area contributed by atoms with Gasteiger partial charge in [-0.2, -0.15) is 0 Å². The van der Waals surface area contributed by atoms with Crippen molar-refractivity contribution >= 4 is 11.4 Å². The van der Waals surface area contributed by atoms with Crippen LogP contribution in [0.15, 0.2) is 18.2 Å². The molecule has 0 aliphatic heterocycles. The fourth-order valence-corrected chi connectivity index (χ4v) is 3.08. The molecule has 1 aromatic rings. The average molecular weight is 278 g/mol. The molecule has 1 aromatic carbocycles. The Bertz CT molecular complexity index is 480. The number of nitrogens with zero attached hydrogens (tertiary/aromatic N) is 1. The highest BCUT2D eigenvalue weighted by atomic mass is 16.6. The van der Waals surface area contributed by atoms with Crippen LogP contribution < -0.4 is 10.1 Å². The number of hydrogen-bond acceptors (Lipinski definition) is 4. The summed E-state index contributed by atoms with van der Waals surface area (Å²) in [6, 6.07) is 5.43. The lowest BCUT2D eigenvalue weighted by Gasteiger charge is -2.35. The van der Waals surface area contributed by atoms with Gasteiger partial charge in [-0.15, -0.1) is 0 Å². The van der Waals surface area contributed by atoms with Gasteiger partial charge in [0.2, 0.25) is 0 Å². The fourth-order valence-electron chi connectivity index (χ4n) is 3.08. The van der Waals surface area contributed by atoms with E-state index in [2.05, 4.69) is 19.2 Å². The SMILES string of the molecule is COc1ccc(NC2C(C)CCCC2C)cc1[N+](=O)[O-]. The van der Waals surface area contributed by atoms with Crippen molar-refractivity contribution in [3.63, 3.8) is 0 Å². The van der Waals surface area contributed by atoms with Crippen LogP contribution in [-0.2, 0) is 0 Å². The van der Waals surface area contributed by atoms with Gasteiger partial charge < -0.3 is 10.1 Å². The third-order valence-corrected chi connectivity index (χ3v) is 4.25. The van der Waals surface area contributed by atoms with E-state index in [4.69, 9.17) is 4.74 Å². The second-order valence-electron chi connectivity index (χ2n) is 5.70. The fraction of sp³-hybridized carbons (Fsp3) is 0.600. The van der Waals surface area contributed by atoms with E-state index in [1.807, 2.05) is 6.07 Å². The highest BCUT2D eigenvalue weighted by Gasteiger charge is 2.28. The Morgan fingerprint density at radius 2 is 1.95 bits per heavy atom. The van der Waals surface area contributed by atoms with Crippen LogP contribution in [0.4, 0.5) is 11.4 Å². The summed E-state index contributed by atoms with van der Waals surface area (Å²) in [7, 11) is 1.45. The number of methoxy groups -OCH3 is 1. The summed E-state index contributed by atoms with van der Waals surface area (Å²) in [5.74, 6) is 1.46. The van der Waals surface area contributed by atoms with Crippen LogP contribution in [0.1, 0.15) is 33.1 Å². The van der Waals surface area contributed by atoms with Crippen molar-refractivity contribution < 1.29 is 9.66 Å². The summed E-state index contributed by atoms with van der Waals surface area (Å²) < 4.78 is 5.02. The summed E-state index contributed by atoms with van der Waals surface area (Å²) in [5, 5.41) is 14.5. The third-order valence-electron chi connectivity index (χ3n) is 4.25. The molecule has 5 nitrogen and oxygen atoms in total. The molecule has 2 atom stereocenters. The van der Waals surface area contributed by atoms with E-state index >= 15 is 0 Å². The van der Waals surface area contributed by atoms with Gasteiger partial charge in [-0.25, -0.2) is 0 Å². The molecule has 2 unspecified atom stereocenters. The smallest absolute Gasteiger partial charge is 0.312 e. The van der Waals surface area contributed by atoms with Gasteiger partial charge in [0, 0.05) is 17.8 Å². The van der Waals surface area contributed by atoms with E-state index in [1.54, 1.807) is 12.1 Å². The zero-order chi connectivity index (χ0) is 14.7. The molecule has 1 fully saturated rings. The van der Waals surface area contributed by atoms with Gasteiger partial charge in [-0.3, -0.25) is 10.1 Å². The molecule has 5 heteroatoms. The molecule has 1 aliphatic rings. The molecule has 2 rings (SSSR count). The topological polar surface area (TPSA) is 64.4 Å². The molecule has 20 heavy (non-hydrogen) atoms. The van der Waals surface area contributed by atoms with Crippen LogP contribution in [0.25, 0.3) is 0 Å². The van der Waals surface area contributed by atoms with Crippen LogP contribution in [0.5, 0.6) is 5.75 Å². The van der Waals surface area contributed by atoms with Crippen molar-refractivity contribution in [3.05, 3.63) is 28.3 Å². The van der Waals surface area contributed by atoms with Gasteiger partial charge in [-0.05, 0) is 36.8 Å². The molecule has 0 amide bonds. The predicted octanol–water partition coefficient (Wildman–Crippen LogP) is 3.84.